The average Bonchev–Trinajstić information content (AvgIpc) is 2.24. The summed E-state index contributed by atoms with van der Waals surface area (Å²) in [7, 11) is 0. The minimum Gasteiger partial charge on any atom is -0.459 e. The van der Waals surface area contributed by atoms with Gasteiger partial charge in [-0.15, -0.1) is 0 Å². The number of hydrogen-bond acceptors (Lipinski definition) is 4. The van der Waals surface area contributed by atoms with Gasteiger partial charge in [0, 0.05) is 11.6 Å². The van der Waals surface area contributed by atoms with Gasteiger partial charge in [-0.25, -0.2) is 9.59 Å². The van der Waals surface area contributed by atoms with Crippen LogP contribution in [0.5, 0.6) is 0 Å². The van der Waals surface area contributed by atoms with Crippen LogP contribution in [0.2, 0.25) is 0 Å². The van der Waals surface area contributed by atoms with Crippen LogP contribution in [0.4, 0.5) is 0 Å². The van der Waals surface area contributed by atoms with Gasteiger partial charge in [0.1, 0.15) is 13.2 Å². The van der Waals surface area contributed by atoms with Crippen LogP contribution in [0.3, 0.4) is 0 Å². The third-order valence-corrected chi connectivity index (χ3v) is 1.45. The van der Waals surface area contributed by atoms with Gasteiger partial charge in [-0.1, -0.05) is 24.8 Å². The Morgan fingerprint density at radius 3 is 2.38 bits per heavy atom. The molecule has 0 aromatic carbocycles. The SMILES string of the molecule is C=C(C)C(=O)OCCOC(=O)/C=C/C=C/C. The number of carbonyl (C=O) groups excluding carboxylic acids is 2. The molecule has 0 fully saturated rings. The topological polar surface area (TPSA) is 52.6 Å². The zero-order valence-electron chi connectivity index (χ0n) is 9.56. The van der Waals surface area contributed by atoms with Crippen molar-refractivity contribution >= 4 is 11.9 Å². The molecule has 0 saturated carbocycles. The number of carbonyl (C=O) groups is 2. The Kier molecular flexibility index (Phi) is 7.49. The summed E-state index contributed by atoms with van der Waals surface area (Å²) in [5, 5.41) is 0. The summed E-state index contributed by atoms with van der Waals surface area (Å²) >= 11 is 0. The van der Waals surface area contributed by atoms with Gasteiger partial charge < -0.3 is 9.47 Å². The Hall–Kier alpha value is -1.84. The summed E-state index contributed by atoms with van der Waals surface area (Å²) < 4.78 is 9.48. The minimum absolute atomic E-state index is 0.0366. The molecule has 0 radical (unpaired) electrons. The average molecular weight is 224 g/mol. The van der Waals surface area contributed by atoms with Crippen molar-refractivity contribution in [1.82, 2.24) is 0 Å². The lowest BCUT2D eigenvalue weighted by molar-refractivity contribution is -0.146. The maximum atomic E-state index is 11.0. The van der Waals surface area contributed by atoms with Crippen molar-refractivity contribution in [3.05, 3.63) is 36.5 Å². The van der Waals surface area contributed by atoms with Crippen molar-refractivity contribution in [2.75, 3.05) is 13.2 Å². The molecule has 0 saturated heterocycles. The van der Waals surface area contributed by atoms with Gasteiger partial charge in [0.05, 0.1) is 0 Å². The lowest BCUT2D eigenvalue weighted by atomic mass is 10.4. The molecule has 0 aliphatic rings. The monoisotopic (exact) mass is 224 g/mol. The molecular weight excluding hydrogens is 208 g/mol. The van der Waals surface area contributed by atoms with Crippen LogP contribution in [0, 0.1) is 0 Å². The van der Waals surface area contributed by atoms with Gasteiger partial charge in [-0.2, -0.15) is 0 Å². The van der Waals surface area contributed by atoms with Crippen molar-refractivity contribution in [3.8, 4) is 0 Å². The normalized spacial score (nSPS) is 10.6. The fourth-order valence-electron chi connectivity index (χ4n) is 0.693. The highest BCUT2D eigenvalue weighted by molar-refractivity contribution is 5.87. The molecule has 4 heteroatoms. The number of ether oxygens (including phenoxy) is 2. The van der Waals surface area contributed by atoms with Crippen LogP contribution in [0.15, 0.2) is 36.5 Å². The molecule has 0 bridgehead atoms. The van der Waals surface area contributed by atoms with Crippen molar-refractivity contribution < 1.29 is 19.1 Å². The first-order chi connectivity index (χ1) is 7.57. The van der Waals surface area contributed by atoms with E-state index in [1.807, 2.05) is 6.92 Å². The molecule has 0 unspecified atom stereocenters. The number of allylic oxidation sites excluding steroid dienone is 3. The van der Waals surface area contributed by atoms with E-state index in [-0.39, 0.29) is 13.2 Å². The summed E-state index contributed by atoms with van der Waals surface area (Å²) in [6, 6.07) is 0. The maximum absolute atomic E-state index is 11.0. The predicted octanol–water partition coefficient (Wildman–Crippen LogP) is 1.78. The molecule has 4 nitrogen and oxygen atoms in total. The summed E-state index contributed by atoms with van der Waals surface area (Å²) in [6.45, 7) is 6.88. The highest BCUT2D eigenvalue weighted by atomic mass is 16.6. The van der Waals surface area contributed by atoms with Gasteiger partial charge in [0.15, 0.2) is 0 Å². The summed E-state index contributed by atoms with van der Waals surface area (Å²) in [4.78, 5) is 21.9. The molecule has 0 rings (SSSR count). The van der Waals surface area contributed by atoms with Crippen molar-refractivity contribution in [2.45, 2.75) is 13.8 Å². The zero-order valence-corrected chi connectivity index (χ0v) is 9.56. The third kappa shape index (κ3) is 7.55. The molecule has 0 aliphatic heterocycles. The highest BCUT2D eigenvalue weighted by Crippen LogP contribution is 1.92. The maximum Gasteiger partial charge on any atom is 0.333 e. The zero-order chi connectivity index (χ0) is 12.4. The Bertz CT molecular complexity index is 313. The molecule has 0 aromatic heterocycles. The van der Waals surface area contributed by atoms with Gasteiger partial charge in [-0.3, -0.25) is 0 Å². The number of rotatable bonds is 6. The Morgan fingerprint density at radius 2 is 1.81 bits per heavy atom. The second-order valence-electron chi connectivity index (χ2n) is 2.97. The molecule has 0 heterocycles. The number of hydrogen-bond donors (Lipinski definition) is 0. The van der Waals surface area contributed by atoms with Crippen LogP contribution in [0.25, 0.3) is 0 Å². The minimum atomic E-state index is -0.486. The molecule has 0 aliphatic carbocycles. The van der Waals surface area contributed by atoms with Crippen LogP contribution in [0.1, 0.15) is 13.8 Å². The van der Waals surface area contributed by atoms with Crippen molar-refractivity contribution in [2.24, 2.45) is 0 Å². The fraction of sp³-hybridized carbons (Fsp3) is 0.333. The Morgan fingerprint density at radius 1 is 1.19 bits per heavy atom. The second kappa shape index (κ2) is 8.47. The van der Waals surface area contributed by atoms with E-state index in [1.54, 1.807) is 25.2 Å². The van der Waals surface area contributed by atoms with E-state index < -0.39 is 11.9 Å². The molecule has 88 valence electrons. The predicted molar refractivity (Wildman–Crippen MR) is 60.7 cm³/mol. The van der Waals surface area contributed by atoms with E-state index >= 15 is 0 Å². The molecule has 0 spiro atoms. The summed E-state index contributed by atoms with van der Waals surface area (Å²) in [5.41, 5.74) is 0.319. The molecule has 0 amide bonds. The van der Waals surface area contributed by atoms with Crippen LogP contribution in [-0.4, -0.2) is 25.2 Å². The van der Waals surface area contributed by atoms with Gasteiger partial charge >= 0.3 is 11.9 Å². The van der Waals surface area contributed by atoms with E-state index in [4.69, 9.17) is 9.47 Å². The lowest BCUT2D eigenvalue weighted by Crippen LogP contribution is -2.12. The molecule has 16 heavy (non-hydrogen) atoms. The largest absolute Gasteiger partial charge is 0.459 e. The molecular formula is C12H16O4. The highest BCUT2D eigenvalue weighted by Gasteiger charge is 2.03. The van der Waals surface area contributed by atoms with E-state index in [0.29, 0.717) is 5.57 Å². The first-order valence-corrected chi connectivity index (χ1v) is 4.86. The Labute approximate surface area is 95.2 Å². The van der Waals surface area contributed by atoms with Crippen LogP contribution < -0.4 is 0 Å². The number of esters is 2. The molecule has 0 aromatic rings. The van der Waals surface area contributed by atoms with E-state index in [0.717, 1.165) is 0 Å². The second-order valence-corrected chi connectivity index (χ2v) is 2.97. The van der Waals surface area contributed by atoms with Crippen LogP contribution in [-0.2, 0) is 19.1 Å². The third-order valence-electron chi connectivity index (χ3n) is 1.45. The molecule has 0 atom stereocenters. The summed E-state index contributed by atoms with van der Waals surface area (Å²) in [6.07, 6.45) is 6.36. The summed E-state index contributed by atoms with van der Waals surface area (Å²) in [5.74, 6) is -0.954. The van der Waals surface area contributed by atoms with E-state index in [9.17, 15) is 9.59 Å². The molecule has 0 N–H and O–H groups in total. The van der Waals surface area contributed by atoms with Gasteiger partial charge in [-0.05, 0) is 13.8 Å². The van der Waals surface area contributed by atoms with Gasteiger partial charge in [0.25, 0.3) is 0 Å². The van der Waals surface area contributed by atoms with E-state index in [2.05, 4.69) is 6.58 Å². The van der Waals surface area contributed by atoms with Crippen molar-refractivity contribution in [3.63, 3.8) is 0 Å². The smallest absolute Gasteiger partial charge is 0.333 e. The Balaban J connectivity index is 3.63. The quantitative estimate of drug-likeness (QED) is 0.299. The van der Waals surface area contributed by atoms with Crippen molar-refractivity contribution in [1.29, 1.82) is 0 Å². The van der Waals surface area contributed by atoms with Crippen LogP contribution >= 0.6 is 0 Å². The lowest BCUT2D eigenvalue weighted by Gasteiger charge is -2.03. The van der Waals surface area contributed by atoms with E-state index in [1.165, 1.54) is 6.08 Å². The standard InChI is InChI=1S/C12H16O4/c1-4-5-6-7-11(13)15-8-9-16-12(14)10(2)3/h4-7H,2,8-9H2,1,3H3/b5-4+,7-6+. The first kappa shape index (κ1) is 14.2. The first-order valence-electron chi connectivity index (χ1n) is 4.86. The fourth-order valence-corrected chi connectivity index (χ4v) is 0.693. The van der Waals surface area contributed by atoms with Gasteiger partial charge in [0.2, 0.25) is 0 Å².